The van der Waals surface area contributed by atoms with Crippen LogP contribution >= 0.6 is 0 Å². The van der Waals surface area contributed by atoms with E-state index in [0.717, 1.165) is 22.3 Å². The number of phenols is 1. The molecule has 1 aliphatic heterocycles. The molecule has 1 aliphatic rings. The molecular weight excluding hydrogens is 775 g/mol. The highest BCUT2D eigenvalue weighted by Gasteiger charge is 2.33. The summed E-state index contributed by atoms with van der Waals surface area (Å²) in [5.74, 6) is -2.06. The zero-order valence-electron chi connectivity index (χ0n) is 34.7. The van der Waals surface area contributed by atoms with Crippen LogP contribution in [0.2, 0.25) is 0 Å². The van der Waals surface area contributed by atoms with Crippen LogP contribution in [0.4, 0.5) is 0 Å². The Morgan fingerprint density at radius 3 is 1.95 bits per heavy atom. The summed E-state index contributed by atoms with van der Waals surface area (Å²) in [5.41, 5.74) is 3.87. The smallest absolute Gasteiger partial charge is 0.251 e. The first-order chi connectivity index (χ1) is 29.4. The molecule has 0 saturated heterocycles. The molecule has 13 heteroatoms. The Morgan fingerprint density at radius 1 is 0.721 bits per heavy atom. The van der Waals surface area contributed by atoms with Crippen LogP contribution in [0.15, 0.2) is 134 Å². The van der Waals surface area contributed by atoms with Crippen LogP contribution in [0.3, 0.4) is 0 Å². The molecule has 320 valence electrons. The molecule has 5 rings (SSSR count). The van der Waals surface area contributed by atoms with Gasteiger partial charge in [0.05, 0.1) is 18.8 Å². The molecule has 5 amide bonds. The van der Waals surface area contributed by atoms with Crippen molar-refractivity contribution in [3.05, 3.63) is 151 Å². The minimum atomic E-state index is -1.01. The maximum absolute atomic E-state index is 14.0. The summed E-state index contributed by atoms with van der Waals surface area (Å²) in [6.07, 6.45) is 3.97. The molecule has 61 heavy (non-hydrogen) atoms. The fraction of sp³-hybridized carbons (Fsp3) is 0.312. The van der Waals surface area contributed by atoms with Gasteiger partial charge >= 0.3 is 0 Å². The van der Waals surface area contributed by atoms with Crippen LogP contribution in [0, 0.1) is 5.92 Å². The maximum Gasteiger partial charge on any atom is 0.251 e. The van der Waals surface area contributed by atoms with Crippen molar-refractivity contribution in [2.45, 2.75) is 76.6 Å². The predicted molar refractivity (Wildman–Crippen MR) is 233 cm³/mol. The highest BCUT2D eigenvalue weighted by atomic mass is 16.7. The number of carbonyl (C=O) groups is 5. The van der Waals surface area contributed by atoms with Gasteiger partial charge in [-0.3, -0.25) is 24.0 Å². The standard InChI is InChI=1S/C48H55N5O8/c1-5-26-60-48-40(51-47(59)43(28-33-12-8-6-9-13-33)53-46(58)41(27-31(2)3)50-32(4)54)25-24-39(61-48)30-49-45(57)42(29-34-16-22-38(55)23-17-34)52-44(56)37-20-18-36(19-21-37)35-14-10-7-11-15-35/h5-25,31,39-43,48,55H,1,26-30H2,2-4H3,(H,49,57)(H,50,54)(H,51,59)(H,52,56)(H,53,58)/t39-,40-,41-,42-,43-,48-/m0/s1. The molecule has 4 aromatic rings. The minimum Gasteiger partial charge on any atom is -0.508 e. The van der Waals surface area contributed by atoms with E-state index in [9.17, 15) is 29.1 Å². The van der Waals surface area contributed by atoms with Crippen LogP contribution in [0.25, 0.3) is 11.1 Å². The van der Waals surface area contributed by atoms with Crippen molar-refractivity contribution in [3.8, 4) is 16.9 Å². The summed E-state index contributed by atoms with van der Waals surface area (Å²) in [4.78, 5) is 66.7. The topological polar surface area (TPSA) is 184 Å². The van der Waals surface area contributed by atoms with Crippen molar-refractivity contribution in [2.24, 2.45) is 5.92 Å². The molecule has 4 aromatic carbocycles. The lowest BCUT2D eigenvalue weighted by molar-refractivity contribution is -0.171. The Hall–Kier alpha value is -6.57. The van der Waals surface area contributed by atoms with Crippen LogP contribution in [0.5, 0.6) is 5.75 Å². The number of benzene rings is 4. The van der Waals surface area contributed by atoms with Crippen LogP contribution in [-0.4, -0.2) is 84.4 Å². The highest BCUT2D eigenvalue weighted by molar-refractivity contribution is 5.98. The quantitative estimate of drug-likeness (QED) is 0.0689. The van der Waals surface area contributed by atoms with E-state index in [1.165, 1.54) is 19.1 Å². The van der Waals surface area contributed by atoms with E-state index in [4.69, 9.17) is 9.47 Å². The maximum atomic E-state index is 14.0. The molecule has 13 nitrogen and oxygen atoms in total. The number of ether oxygens (including phenoxy) is 2. The SMILES string of the molecule is C=CCO[C@H]1O[C@H](CNC(=O)[C@H](Cc2ccc(O)cc2)NC(=O)c2ccc(-c3ccccc3)cc2)C=C[C@@H]1NC(=O)[C@H](Cc1ccccc1)NC(=O)[C@H](CC(C)C)NC(C)=O. The number of hydrogen-bond donors (Lipinski definition) is 6. The van der Waals surface area contributed by atoms with Gasteiger partial charge in [0.2, 0.25) is 23.6 Å². The third kappa shape index (κ3) is 14.3. The van der Waals surface area contributed by atoms with Gasteiger partial charge in [-0.1, -0.05) is 117 Å². The van der Waals surface area contributed by atoms with Crippen molar-refractivity contribution in [1.82, 2.24) is 26.6 Å². The van der Waals surface area contributed by atoms with E-state index in [1.54, 1.807) is 42.5 Å². The molecule has 0 radical (unpaired) electrons. The molecule has 0 spiro atoms. The zero-order chi connectivity index (χ0) is 43.7. The average molecular weight is 830 g/mol. The molecule has 1 heterocycles. The molecule has 0 aliphatic carbocycles. The second kappa shape index (κ2) is 22.7. The highest BCUT2D eigenvalue weighted by Crippen LogP contribution is 2.20. The summed E-state index contributed by atoms with van der Waals surface area (Å²) in [7, 11) is 0. The number of hydrogen-bond acceptors (Lipinski definition) is 8. The van der Waals surface area contributed by atoms with Crippen molar-refractivity contribution >= 4 is 29.5 Å². The Bertz CT molecular complexity index is 2110. The Morgan fingerprint density at radius 2 is 1.33 bits per heavy atom. The van der Waals surface area contributed by atoms with E-state index < -0.39 is 60.2 Å². The van der Waals surface area contributed by atoms with Crippen LogP contribution in [-0.2, 0) is 41.5 Å². The van der Waals surface area contributed by atoms with Gasteiger partial charge in [-0.05, 0) is 58.9 Å². The van der Waals surface area contributed by atoms with Crippen LogP contribution in [0.1, 0.15) is 48.7 Å². The first kappa shape index (κ1) is 45.5. The lowest BCUT2D eigenvalue weighted by atomic mass is 10.0. The summed E-state index contributed by atoms with van der Waals surface area (Å²) in [6.45, 7) is 9.04. The van der Waals surface area contributed by atoms with Crippen molar-refractivity contribution in [2.75, 3.05) is 13.2 Å². The summed E-state index contributed by atoms with van der Waals surface area (Å²) in [6, 6.07) is 28.9. The summed E-state index contributed by atoms with van der Waals surface area (Å²) >= 11 is 0. The molecule has 0 fully saturated rings. The van der Waals surface area contributed by atoms with Gasteiger partial charge in [0.1, 0.15) is 23.9 Å². The predicted octanol–water partition coefficient (Wildman–Crippen LogP) is 4.76. The zero-order valence-corrected chi connectivity index (χ0v) is 34.7. The molecular formula is C48H55N5O8. The fourth-order valence-corrected chi connectivity index (χ4v) is 6.81. The molecule has 0 saturated carbocycles. The monoisotopic (exact) mass is 829 g/mol. The van der Waals surface area contributed by atoms with Crippen molar-refractivity contribution < 1.29 is 38.6 Å². The molecule has 6 N–H and O–H groups in total. The van der Waals surface area contributed by atoms with E-state index in [2.05, 4.69) is 33.2 Å². The average Bonchev–Trinajstić information content (AvgIpc) is 3.25. The number of aromatic hydroxyl groups is 1. The van der Waals surface area contributed by atoms with Gasteiger partial charge in [-0.15, -0.1) is 6.58 Å². The van der Waals surface area contributed by atoms with Crippen molar-refractivity contribution in [3.63, 3.8) is 0 Å². The lowest BCUT2D eigenvalue weighted by Gasteiger charge is -2.34. The van der Waals surface area contributed by atoms with Gasteiger partial charge in [0.25, 0.3) is 5.91 Å². The second-order valence-corrected chi connectivity index (χ2v) is 15.3. The Labute approximate surface area is 357 Å². The number of carbonyl (C=O) groups excluding carboxylic acids is 5. The van der Waals surface area contributed by atoms with E-state index in [1.807, 2.05) is 86.6 Å². The number of amides is 5. The molecule has 0 bridgehead atoms. The summed E-state index contributed by atoms with van der Waals surface area (Å²) in [5, 5.41) is 24.1. The number of phenolic OH excluding ortho intramolecular Hbond substituents is 1. The number of rotatable bonds is 20. The first-order valence-electron chi connectivity index (χ1n) is 20.4. The molecule has 0 aromatic heterocycles. The lowest BCUT2D eigenvalue weighted by Crippen LogP contribution is -2.58. The van der Waals surface area contributed by atoms with Crippen molar-refractivity contribution in [1.29, 1.82) is 0 Å². The van der Waals surface area contributed by atoms with E-state index >= 15 is 0 Å². The van der Waals surface area contributed by atoms with Gasteiger partial charge in [0.15, 0.2) is 6.29 Å². The Balaban J connectivity index is 1.27. The first-order valence-corrected chi connectivity index (χ1v) is 20.4. The third-order valence-electron chi connectivity index (χ3n) is 9.87. The number of nitrogens with one attached hydrogen (secondary N) is 5. The molecule has 6 atom stereocenters. The summed E-state index contributed by atoms with van der Waals surface area (Å²) < 4.78 is 12.2. The van der Waals surface area contributed by atoms with Gasteiger partial charge in [0, 0.05) is 31.9 Å². The van der Waals surface area contributed by atoms with E-state index in [0.29, 0.717) is 12.0 Å². The normalized spacial score (nSPS) is 17.3. The van der Waals surface area contributed by atoms with Crippen LogP contribution < -0.4 is 26.6 Å². The van der Waals surface area contributed by atoms with Gasteiger partial charge in [-0.2, -0.15) is 0 Å². The van der Waals surface area contributed by atoms with Gasteiger partial charge < -0.3 is 41.2 Å². The van der Waals surface area contributed by atoms with Gasteiger partial charge in [-0.25, -0.2) is 0 Å². The molecule has 0 unspecified atom stereocenters. The minimum absolute atomic E-state index is 0.00471. The third-order valence-corrected chi connectivity index (χ3v) is 9.87. The Kier molecular flexibility index (Phi) is 16.9. The fourth-order valence-electron chi connectivity index (χ4n) is 6.81. The van der Waals surface area contributed by atoms with E-state index in [-0.39, 0.29) is 43.6 Å². The largest absolute Gasteiger partial charge is 0.508 e. The second-order valence-electron chi connectivity index (χ2n) is 15.3.